The summed E-state index contributed by atoms with van der Waals surface area (Å²) < 4.78 is 5.30. The van der Waals surface area contributed by atoms with Crippen molar-refractivity contribution in [2.24, 2.45) is 5.92 Å². The summed E-state index contributed by atoms with van der Waals surface area (Å²) in [5, 5.41) is 3.68. The van der Waals surface area contributed by atoms with E-state index in [9.17, 15) is 0 Å². The molecule has 2 atom stereocenters. The van der Waals surface area contributed by atoms with Gasteiger partial charge in [-0.25, -0.2) is 0 Å². The zero-order valence-electron chi connectivity index (χ0n) is 13.1. The van der Waals surface area contributed by atoms with E-state index in [-0.39, 0.29) is 0 Å². The smallest absolute Gasteiger partial charge is 0.119 e. The molecule has 0 amide bonds. The van der Waals surface area contributed by atoms with Gasteiger partial charge in [0.25, 0.3) is 0 Å². The van der Waals surface area contributed by atoms with Crippen LogP contribution in [0.25, 0.3) is 0 Å². The van der Waals surface area contributed by atoms with Gasteiger partial charge >= 0.3 is 0 Å². The summed E-state index contributed by atoms with van der Waals surface area (Å²) >= 11 is 0. The Hall–Kier alpha value is -1.06. The standard InChI is InChI=1S/C17H28N2O/c1-4-9-18-17-8-10-19(12-14(17)2)13-15-6-5-7-16(11-15)20-3/h5-7,11,14,17-18H,4,8-10,12-13H2,1-3H3. The van der Waals surface area contributed by atoms with E-state index in [0.29, 0.717) is 6.04 Å². The molecule has 1 heterocycles. The molecule has 1 fully saturated rings. The van der Waals surface area contributed by atoms with Crippen LogP contribution in [0.1, 0.15) is 32.3 Å². The van der Waals surface area contributed by atoms with E-state index in [1.165, 1.54) is 31.5 Å². The zero-order chi connectivity index (χ0) is 14.4. The van der Waals surface area contributed by atoms with Crippen LogP contribution in [-0.2, 0) is 6.54 Å². The van der Waals surface area contributed by atoms with Gasteiger partial charge < -0.3 is 10.1 Å². The Balaban J connectivity index is 1.86. The van der Waals surface area contributed by atoms with Crippen LogP contribution >= 0.6 is 0 Å². The molecule has 0 aromatic heterocycles. The van der Waals surface area contributed by atoms with Crippen molar-refractivity contribution in [3.8, 4) is 5.75 Å². The molecule has 0 spiro atoms. The molecule has 1 saturated heterocycles. The van der Waals surface area contributed by atoms with Crippen LogP contribution in [0.15, 0.2) is 24.3 Å². The van der Waals surface area contributed by atoms with Crippen molar-refractivity contribution in [1.82, 2.24) is 10.2 Å². The number of hydrogen-bond donors (Lipinski definition) is 1. The van der Waals surface area contributed by atoms with Crippen molar-refractivity contribution in [2.45, 2.75) is 39.3 Å². The molecule has 0 radical (unpaired) electrons. The largest absolute Gasteiger partial charge is 0.497 e. The van der Waals surface area contributed by atoms with Gasteiger partial charge in [-0.05, 0) is 49.5 Å². The molecule has 3 nitrogen and oxygen atoms in total. The zero-order valence-corrected chi connectivity index (χ0v) is 13.1. The highest BCUT2D eigenvalue weighted by atomic mass is 16.5. The summed E-state index contributed by atoms with van der Waals surface area (Å²) in [6.07, 6.45) is 2.47. The number of nitrogens with one attached hydrogen (secondary N) is 1. The molecule has 3 heteroatoms. The third-order valence-corrected chi connectivity index (χ3v) is 4.19. The molecule has 0 bridgehead atoms. The summed E-state index contributed by atoms with van der Waals surface area (Å²) in [6, 6.07) is 9.11. The van der Waals surface area contributed by atoms with E-state index in [4.69, 9.17) is 4.74 Å². The van der Waals surface area contributed by atoms with Crippen LogP contribution < -0.4 is 10.1 Å². The highest BCUT2D eigenvalue weighted by molar-refractivity contribution is 5.28. The van der Waals surface area contributed by atoms with E-state index < -0.39 is 0 Å². The number of ether oxygens (including phenoxy) is 1. The topological polar surface area (TPSA) is 24.5 Å². The first kappa shape index (κ1) is 15.3. The Morgan fingerprint density at radius 1 is 1.40 bits per heavy atom. The van der Waals surface area contributed by atoms with Crippen LogP contribution in [0, 0.1) is 5.92 Å². The highest BCUT2D eigenvalue weighted by Crippen LogP contribution is 2.20. The van der Waals surface area contributed by atoms with Gasteiger partial charge in [0, 0.05) is 19.1 Å². The number of piperidine rings is 1. The maximum atomic E-state index is 5.30. The van der Waals surface area contributed by atoms with Gasteiger partial charge in [0.1, 0.15) is 5.75 Å². The summed E-state index contributed by atoms with van der Waals surface area (Å²) in [7, 11) is 1.73. The lowest BCUT2D eigenvalue weighted by Gasteiger charge is -2.37. The normalized spacial score (nSPS) is 23.8. The Bertz CT molecular complexity index is 408. The minimum Gasteiger partial charge on any atom is -0.497 e. The third-order valence-electron chi connectivity index (χ3n) is 4.19. The van der Waals surface area contributed by atoms with Crippen LogP contribution in [0.5, 0.6) is 5.75 Å². The molecule has 0 saturated carbocycles. The van der Waals surface area contributed by atoms with Crippen LogP contribution in [0.2, 0.25) is 0 Å². The van der Waals surface area contributed by atoms with Crippen LogP contribution in [0.3, 0.4) is 0 Å². The maximum Gasteiger partial charge on any atom is 0.119 e. The Morgan fingerprint density at radius 2 is 2.25 bits per heavy atom. The fraction of sp³-hybridized carbons (Fsp3) is 0.647. The monoisotopic (exact) mass is 276 g/mol. The summed E-state index contributed by atoms with van der Waals surface area (Å²) in [6.45, 7) is 9.13. The van der Waals surface area contributed by atoms with Gasteiger partial charge in [0.05, 0.1) is 7.11 Å². The molecule has 20 heavy (non-hydrogen) atoms. The minimum absolute atomic E-state index is 0.691. The summed E-state index contributed by atoms with van der Waals surface area (Å²) in [5.41, 5.74) is 1.34. The van der Waals surface area contributed by atoms with Gasteiger partial charge in [-0.2, -0.15) is 0 Å². The van der Waals surface area contributed by atoms with Crippen molar-refractivity contribution in [2.75, 3.05) is 26.7 Å². The number of methoxy groups -OCH3 is 1. The van der Waals surface area contributed by atoms with E-state index in [0.717, 1.165) is 24.8 Å². The Labute approximate surface area is 123 Å². The van der Waals surface area contributed by atoms with E-state index >= 15 is 0 Å². The van der Waals surface area contributed by atoms with Gasteiger partial charge in [-0.1, -0.05) is 26.0 Å². The van der Waals surface area contributed by atoms with Gasteiger partial charge in [0.15, 0.2) is 0 Å². The van der Waals surface area contributed by atoms with Crippen molar-refractivity contribution < 1.29 is 4.74 Å². The molecule has 1 aromatic rings. The number of benzene rings is 1. The average Bonchev–Trinajstić information content (AvgIpc) is 2.47. The van der Waals surface area contributed by atoms with Gasteiger partial charge in [-0.3, -0.25) is 4.90 Å². The quantitative estimate of drug-likeness (QED) is 0.864. The Kier molecular flexibility index (Phi) is 5.86. The van der Waals surface area contributed by atoms with Crippen molar-refractivity contribution in [1.29, 1.82) is 0 Å². The van der Waals surface area contributed by atoms with Crippen molar-refractivity contribution in [3.63, 3.8) is 0 Å². The SMILES string of the molecule is CCCNC1CCN(Cc2cccc(OC)c2)CC1C. The number of hydrogen-bond acceptors (Lipinski definition) is 3. The first-order chi connectivity index (χ1) is 9.72. The summed E-state index contributed by atoms with van der Waals surface area (Å²) in [4.78, 5) is 2.56. The number of rotatable bonds is 6. The second-order valence-electron chi connectivity index (χ2n) is 5.91. The highest BCUT2D eigenvalue weighted by Gasteiger charge is 2.25. The Morgan fingerprint density at radius 3 is 2.95 bits per heavy atom. The second-order valence-corrected chi connectivity index (χ2v) is 5.91. The lowest BCUT2D eigenvalue weighted by Crippen LogP contribution is -2.48. The average molecular weight is 276 g/mol. The predicted molar refractivity (Wildman–Crippen MR) is 84.1 cm³/mol. The van der Waals surface area contributed by atoms with Crippen LogP contribution in [0.4, 0.5) is 0 Å². The lowest BCUT2D eigenvalue weighted by atomic mass is 9.93. The minimum atomic E-state index is 0.691. The van der Waals surface area contributed by atoms with Crippen molar-refractivity contribution in [3.05, 3.63) is 29.8 Å². The molecular weight excluding hydrogens is 248 g/mol. The summed E-state index contributed by atoms with van der Waals surface area (Å²) in [5.74, 6) is 1.68. The van der Waals surface area contributed by atoms with Crippen molar-refractivity contribution >= 4 is 0 Å². The molecule has 1 aliphatic rings. The third kappa shape index (κ3) is 4.22. The lowest BCUT2D eigenvalue weighted by molar-refractivity contribution is 0.141. The molecule has 2 rings (SSSR count). The molecule has 0 aliphatic carbocycles. The first-order valence-corrected chi connectivity index (χ1v) is 7.81. The fourth-order valence-electron chi connectivity index (χ4n) is 3.04. The molecule has 112 valence electrons. The molecular formula is C17H28N2O. The molecule has 1 aromatic carbocycles. The van der Waals surface area contributed by atoms with E-state index in [2.05, 4.69) is 42.3 Å². The van der Waals surface area contributed by atoms with Crippen LogP contribution in [-0.4, -0.2) is 37.7 Å². The molecule has 1 N–H and O–H groups in total. The fourth-order valence-corrected chi connectivity index (χ4v) is 3.04. The van der Waals surface area contributed by atoms with Gasteiger partial charge in [0.2, 0.25) is 0 Å². The van der Waals surface area contributed by atoms with E-state index in [1.807, 2.05) is 6.07 Å². The number of likely N-dealkylation sites (tertiary alicyclic amines) is 1. The van der Waals surface area contributed by atoms with Gasteiger partial charge in [-0.15, -0.1) is 0 Å². The first-order valence-electron chi connectivity index (χ1n) is 7.81. The molecule has 1 aliphatic heterocycles. The van der Waals surface area contributed by atoms with E-state index in [1.54, 1.807) is 7.11 Å². The second kappa shape index (κ2) is 7.65. The predicted octanol–water partition coefficient (Wildman–Crippen LogP) is 2.91. The number of nitrogens with zero attached hydrogens (tertiary/aromatic N) is 1. The molecule has 2 unspecified atom stereocenters. The maximum absolute atomic E-state index is 5.30.